The Kier molecular flexibility index (Phi) is 4.83. The molecular formula is C19H17N7O2S. The van der Waals surface area contributed by atoms with Crippen LogP contribution in [0.4, 0.5) is 23.3 Å². The molecule has 146 valence electrons. The van der Waals surface area contributed by atoms with Gasteiger partial charge in [0.05, 0.1) is 16.8 Å². The van der Waals surface area contributed by atoms with Gasteiger partial charge in [-0.2, -0.15) is 10.1 Å². The Labute approximate surface area is 167 Å². The van der Waals surface area contributed by atoms with Crippen LogP contribution in [-0.2, 0) is 10.0 Å². The molecule has 9 nitrogen and oxygen atoms in total. The lowest BCUT2D eigenvalue weighted by Gasteiger charge is -2.11. The zero-order valence-corrected chi connectivity index (χ0v) is 15.9. The molecule has 10 heteroatoms. The highest BCUT2D eigenvalue weighted by atomic mass is 32.2. The number of aromatic nitrogens is 4. The maximum Gasteiger partial charge on any atom is 0.263 e. The molecule has 0 atom stereocenters. The van der Waals surface area contributed by atoms with Crippen LogP contribution in [0.15, 0.2) is 84.0 Å². The quantitative estimate of drug-likeness (QED) is 0.448. The van der Waals surface area contributed by atoms with Crippen LogP contribution in [0.3, 0.4) is 0 Å². The van der Waals surface area contributed by atoms with E-state index < -0.39 is 10.0 Å². The third kappa shape index (κ3) is 4.17. The highest BCUT2D eigenvalue weighted by Gasteiger charge is 2.17. The molecule has 0 aliphatic rings. The summed E-state index contributed by atoms with van der Waals surface area (Å²) in [4.78, 5) is 7.98. The highest BCUT2D eigenvalue weighted by molar-refractivity contribution is 7.92. The molecule has 4 rings (SSSR count). The molecule has 0 saturated heterocycles. The number of anilines is 4. The lowest BCUT2D eigenvalue weighted by molar-refractivity contribution is 0.600. The van der Waals surface area contributed by atoms with Crippen LogP contribution < -0.4 is 15.8 Å². The summed E-state index contributed by atoms with van der Waals surface area (Å²) in [5.74, 6) is 1.00. The van der Waals surface area contributed by atoms with Crippen LogP contribution in [0.5, 0.6) is 0 Å². The summed E-state index contributed by atoms with van der Waals surface area (Å²) in [6, 6.07) is 18.8. The Morgan fingerprint density at radius 2 is 1.66 bits per heavy atom. The molecule has 4 aromatic rings. The van der Waals surface area contributed by atoms with E-state index in [9.17, 15) is 8.42 Å². The first-order valence-electron chi connectivity index (χ1n) is 8.59. The number of benzene rings is 2. The van der Waals surface area contributed by atoms with Gasteiger partial charge in [-0.3, -0.25) is 4.72 Å². The van der Waals surface area contributed by atoms with Gasteiger partial charge in [0, 0.05) is 18.0 Å². The molecule has 0 unspecified atom stereocenters. The largest absolute Gasteiger partial charge is 0.368 e. The summed E-state index contributed by atoms with van der Waals surface area (Å²) in [7, 11) is -3.79. The van der Waals surface area contributed by atoms with Crippen molar-refractivity contribution >= 4 is 33.3 Å². The number of hydrogen-bond acceptors (Lipinski definition) is 7. The van der Waals surface area contributed by atoms with Gasteiger partial charge in [-0.25, -0.2) is 18.1 Å². The van der Waals surface area contributed by atoms with E-state index in [1.165, 1.54) is 29.2 Å². The third-order valence-corrected chi connectivity index (χ3v) is 5.36. The number of rotatable bonds is 6. The van der Waals surface area contributed by atoms with Crippen LogP contribution in [0.1, 0.15) is 0 Å². The molecule has 2 heterocycles. The average molecular weight is 407 g/mol. The first-order valence-corrected chi connectivity index (χ1v) is 10.1. The number of nitrogens with zero attached hydrogens (tertiary/aromatic N) is 4. The average Bonchev–Trinajstić information content (AvgIpc) is 3.16. The Morgan fingerprint density at radius 1 is 0.897 bits per heavy atom. The fourth-order valence-electron chi connectivity index (χ4n) is 2.66. The molecule has 0 fully saturated rings. The Morgan fingerprint density at radius 3 is 2.38 bits per heavy atom. The van der Waals surface area contributed by atoms with E-state index in [1.807, 2.05) is 30.3 Å². The zero-order valence-electron chi connectivity index (χ0n) is 15.1. The molecular weight excluding hydrogens is 390 g/mol. The van der Waals surface area contributed by atoms with Gasteiger partial charge >= 0.3 is 0 Å². The summed E-state index contributed by atoms with van der Waals surface area (Å²) in [5, 5.41) is 7.23. The maximum atomic E-state index is 12.8. The molecule has 0 bridgehead atoms. The summed E-state index contributed by atoms with van der Waals surface area (Å²) < 4.78 is 29.7. The number of sulfonamides is 1. The van der Waals surface area contributed by atoms with E-state index in [1.54, 1.807) is 24.3 Å². The van der Waals surface area contributed by atoms with Crippen molar-refractivity contribution in [3.05, 3.63) is 79.1 Å². The lowest BCUT2D eigenvalue weighted by atomic mass is 10.3. The second-order valence-electron chi connectivity index (χ2n) is 6.02. The fraction of sp³-hybridized carbons (Fsp3) is 0. The number of nitrogen functional groups attached to an aromatic ring is 1. The van der Waals surface area contributed by atoms with Gasteiger partial charge in [0.2, 0.25) is 5.95 Å². The molecule has 0 radical (unpaired) electrons. The zero-order chi connectivity index (χ0) is 20.3. The standard InChI is InChI=1S/C19H17N7O2S/c20-19-21-12-10-17(24-19)23-14-6-8-16(9-7-14)29(27,28)25-18-11-13-22-26(18)15-4-2-1-3-5-15/h1-13,25H,(H3,20,21,23,24). The van der Waals surface area contributed by atoms with Gasteiger partial charge in [0.1, 0.15) is 11.6 Å². The molecule has 0 saturated carbocycles. The van der Waals surface area contributed by atoms with Crippen molar-refractivity contribution in [3.8, 4) is 5.69 Å². The first-order chi connectivity index (χ1) is 14.0. The summed E-state index contributed by atoms with van der Waals surface area (Å²) in [6.45, 7) is 0. The number of para-hydroxylation sites is 1. The van der Waals surface area contributed by atoms with Crippen LogP contribution in [0.25, 0.3) is 5.69 Å². The van der Waals surface area contributed by atoms with Crippen molar-refractivity contribution in [1.82, 2.24) is 19.7 Å². The van der Waals surface area contributed by atoms with E-state index in [-0.39, 0.29) is 10.8 Å². The number of hydrogen-bond donors (Lipinski definition) is 3. The fourth-order valence-corrected chi connectivity index (χ4v) is 3.70. The Balaban J connectivity index is 1.53. The first kappa shape index (κ1) is 18.4. The van der Waals surface area contributed by atoms with E-state index in [4.69, 9.17) is 5.73 Å². The van der Waals surface area contributed by atoms with Crippen LogP contribution >= 0.6 is 0 Å². The van der Waals surface area contributed by atoms with E-state index in [0.29, 0.717) is 17.3 Å². The van der Waals surface area contributed by atoms with Crippen LogP contribution in [0.2, 0.25) is 0 Å². The topological polar surface area (TPSA) is 128 Å². The van der Waals surface area contributed by atoms with Crippen LogP contribution in [0, 0.1) is 0 Å². The minimum atomic E-state index is -3.79. The smallest absolute Gasteiger partial charge is 0.263 e. The van der Waals surface area contributed by atoms with Crippen molar-refractivity contribution < 1.29 is 8.42 Å². The molecule has 0 amide bonds. The van der Waals surface area contributed by atoms with Gasteiger partial charge in [-0.15, -0.1) is 0 Å². The maximum absolute atomic E-state index is 12.8. The van der Waals surface area contributed by atoms with Crippen molar-refractivity contribution in [1.29, 1.82) is 0 Å². The van der Waals surface area contributed by atoms with Gasteiger partial charge in [0.25, 0.3) is 10.0 Å². The van der Waals surface area contributed by atoms with Crippen LogP contribution in [-0.4, -0.2) is 28.2 Å². The second kappa shape index (κ2) is 7.60. The van der Waals surface area contributed by atoms with Gasteiger partial charge in [-0.05, 0) is 42.5 Å². The highest BCUT2D eigenvalue weighted by Crippen LogP contribution is 2.21. The minimum absolute atomic E-state index is 0.117. The molecule has 4 N–H and O–H groups in total. The lowest BCUT2D eigenvalue weighted by Crippen LogP contribution is -2.16. The van der Waals surface area contributed by atoms with Crippen molar-refractivity contribution in [2.45, 2.75) is 4.90 Å². The Bertz CT molecular complexity index is 1220. The molecule has 2 aromatic heterocycles. The molecule has 2 aromatic carbocycles. The van der Waals surface area contributed by atoms with E-state index >= 15 is 0 Å². The molecule has 0 aliphatic heterocycles. The SMILES string of the molecule is Nc1nccc(Nc2ccc(S(=O)(=O)Nc3ccnn3-c3ccccc3)cc2)n1. The predicted molar refractivity (Wildman–Crippen MR) is 111 cm³/mol. The normalized spacial score (nSPS) is 11.2. The van der Waals surface area contributed by atoms with Crippen molar-refractivity contribution in [2.75, 3.05) is 15.8 Å². The minimum Gasteiger partial charge on any atom is -0.368 e. The van der Waals surface area contributed by atoms with Crippen molar-refractivity contribution in [3.63, 3.8) is 0 Å². The van der Waals surface area contributed by atoms with E-state index in [0.717, 1.165) is 5.69 Å². The van der Waals surface area contributed by atoms with Gasteiger partial charge in [-0.1, -0.05) is 18.2 Å². The molecule has 0 spiro atoms. The number of nitrogens with one attached hydrogen (secondary N) is 2. The summed E-state index contributed by atoms with van der Waals surface area (Å²) in [5.41, 5.74) is 6.97. The monoisotopic (exact) mass is 407 g/mol. The van der Waals surface area contributed by atoms with Gasteiger partial charge < -0.3 is 11.1 Å². The predicted octanol–water partition coefficient (Wildman–Crippen LogP) is 2.79. The summed E-state index contributed by atoms with van der Waals surface area (Å²) in [6.07, 6.45) is 3.06. The molecule has 0 aliphatic carbocycles. The Hall–Kier alpha value is -3.92. The second-order valence-corrected chi connectivity index (χ2v) is 7.70. The third-order valence-electron chi connectivity index (χ3n) is 3.99. The summed E-state index contributed by atoms with van der Waals surface area (Å²) >= 11 is 0. The van der Waals surface area contributed by atoms with Gasteiger partial charge in [0.15, 0.2) is 0 Å². The number of nitrogens with two attached hydrogens (primary N) is 1. The molecule has 29 heavy (non-hydrogen) atoms. The van der Waals surface area contributed by atoms with E-state index in [2.05, 4.69) is 25.1 Å². The van der Waals surface area contributed by atoms with Crippen molar-refractivity contribution in [2.24, 2.45) is 0 Å².